The van der Waals surface area contributed by atoms with Gasteiger partial charge in [0.15, 0.2) is 11.6 Å². The number of nitrogens with two attached hydrogens (primary N) is 1. The number of hydrazine groups is 1. The lowest BCUT2D eigenvalue weighted by Crippen LogP contribution is -2.30. The lowest BCUT2D eigenvalue weighted by Gasteiger charge is -2.14. The number of nitrogens with zero attached hydrogens (tertiary/aromatic N) is 2. The van der Waals surface area contributed by atoms with Crippen LogP contribution in [0, 0.1) is 6.92 Å². The van der Waals surface area contributed by atoms with Gasteiger partial charge in [-0.05, 0) is 30.7 Å². The van der Waals surface area contributed by atoms with Crippen molar-refractivity contribution in [3.63, 3.8) is 0 Å². The molecular weight excluding hydrogens is 352 g/mol. The number of nitrogen functional groups attached to an aromatic ring is 1. The quantitative estimate of drug-likeness (QED) is 0.513. The number of amides is 1. The first-order chi connectivity index (χ1) is 12.6. The number of halogens is 1. The van der Waals surface area contributed by atoms with E-state index in [0.717, 1.165) is 5.56 Å². The summed E-state index contributed by atoms with van der Waals surface area (Å²) in [5, 5.41) is 3.58. The van der Waals surface area contributed by atoms with Crippen LogP contribution in [0.4, 0.5) is 23.0 Å². The van der Waals surface area contributed by atoms with Crippen LogP contribution < -0.4 is 21.9 Å². The summed E-state index contributed by atoms with van der Waals surface area (Å²) < 4.78 is 0. The standard InChI is InChI=1S/C18H17ClN6O/c1-11-6-2-3-7-12(11)18(26)25-24-17-15(20)16(21-10-22-17)23-14-9-5-4-8-13(14)19/h2-10H,20H2,1H3,(H,25,26)(H2,21,22,23,24). The fraction of sp³-hybridized carbons (Fsp3) is 0.0556. The van der Waals surface area contributed by atoms with Gasteiger partial charge in [-0.3, -0.25) is 15.6 Å². The van der Waals surface area contributed by atoms with Crippen molar-refractivity contribution in [3.8, 4) is 0 Å². The summed E-state index contributed by atoms with van der Waals surface area (Å²) in [4.78, 5) is 20.5. The average molecular weight is 369 g/mol. The predicted molar refractivity (Wildman–Crippen MR) is 103 cm³/mol. The molecule has 0 aliphatic rings. The number of aromatic nitrogens is 2. The van der Waals surface area contributed by atoms with Crippen molar-refractivity contribution in [1.82, 2.24) is 15.4 Å². The second-order valence-electron chi connectivity index (χ2n) is 5.48. The van der Waals surface area contributed by atoms with Gasteiger partial charge < -0.3 is 11.1 Å². The third kappa shape index (κ3) is 3.84. The van der Waals surface area contributed by atoms with E-state index in [1.807, 2.05) is 31.2 Å². The van der Waals surface area contributed by atoms with Gasteiger partial charge in [-0.1, -0.05) is 41.9 Å². The Hall–Kier alpha value is -3.32. The highest BCUT2D eigenvalue weighted by atomic mass is 35.5. The predicted octanol–water partition coefficient (Wildman–Crippen LogP) is 3.52. The molecule has 5 N–H and O–H groups in total. The number of hydrogen-bond acceptors (Lipinski definition) is 6. The first-order valence-corrected chi connectivity index (χ1v) is 8.18. The zero-order valence-corrected chi connectivity index (χ0v) is 14.7. The first kappa shape index (κ1) is 17.5. The van der Waals surface area contributed by atoms with E-state index in [1.54, 1.807) is 24.3 Å². The van der Waals surface area contributed by atoms with Crippen molar-refractivity contribution in [3.05, 3.63) is 71.0 Å². The third-order valence-corrected chi connectivity index (χ3v) is 4.02. The van der Waals surface area contributed by atoms with E-state index in [-0.39, 0.29) is 17.4 Å². The summed E-state index contributed by atoms with van der Waals surface area (Å²) in [6, 6.07) is 14.5. The Balaban J connectivity index is 1.74. The highest BCUT2D eigenvalue weighted by Gasteiger charge is 2.12. The maximum atomic E-state index is 12.3. The highest BCUT2D eigenvalue weighted by molar-refractivity contribution is 6.33. The molecule has 8 heteroatoms. The fourth-order valence-corrected chi connectivity index (χ4v) is 2.48. The van der Waals surface area contributed by atoms with E-state index in [4.69, 9.17) is 17.3 Å². The molecule has 0 saturated heterocycles. The maximum Gasteiger partial charge on any atom is 0.269 e. The van der Waals surface area contributed by atoms with Crippen molar-refractivity contribution in [1.29, 1.82) is 0 Å². The van der Waals surface area contributed by atoms with Gasteiger partial charge in [0.2, 0.25) is 0 Å². The van der Waals surface area contributed by atoms with Crippen LogP contribution in [0.15, 0.2) is 54.9 Å². The summed E-state index contributed by atoms with van der Waals surface area (Å²) in [6.45, 7) is 1.86. The Morgan fingerprint density at radius 1 is 1.04 bits per heavy atom. The molecule has 1 aromatic heterocycles. The zero-order chi connectivity index (χ0) is 18.5. The number of nitrogens with one attached hydrogen (secondary N) is 3. The number of carbonyl (C=O) groups is 1. The molecule has 0 aliphatic heterocycles. The van der Waals surface area contributed by atoms with Crippen LogP contribution in [0.3, 0.4) is 0 Å². The number of hydrogen-bond donors (Lipinski definition) is 4. The smallest absolute Gasteiger partial charge is 0.269 e. The average Bonchev–Trinajstić information content (AvgIpc) is 2.64. The molecule has 3 rings (SSSR count). The van der Waals surface area contributed by atoms with E-state index < -0.39 is 0 Å². The van der Waals surface area contributed by atoms with Crippen LogP contribution in [-0.4, -0.2) is 15.9 Å². The molecule has 0 spiro atoms. The minimum Gasteiger partial charge on any atom is -0.393 e. The Labute approximate surface area is 155 Å². The maximum absolute atomic E-state index is 12.3. The van der Waals surface area contributed by atoms with Crippen LogP contribution in [0.1, 0.15) is 15.9 Å². The molecule has 0 saturated carbocycles. The van der Waals surface area contributed by atoms with Crippen molar-refractivity contribution in [2.24, 2.45) is 0 Å². The van der Waals surface area contributed by atoms with Gasteiger partial charge in [-0.2, -0.15) is 0 Å². The van der Waals surface area contributed by atoms with E-state index in [1.165, 1.54) is 6.33 Å². The molecule has 0 aliphatic carbocycles. The van der Waals surface area contributed by atoms with Crippen molar-refractivity contribution >= 4 is 40.5 Å². The molecule has 0 atom stereocenters. The molecule has 7 nitrogen and oxygen atoms in total. The molecule has 132 valence electrons. The Morgan fingerprint density at radius 2 is 1.73 bits per heavy atom. The Kier molecular flexibility index (Phi) is 5.19. The molecule has 2 aromatic carbocycles. The first-order valence-electron chi connectivity index (χ1n) is 7.80. The minimum absolute atomic E-state index is 0.248. The van der Waals surface area contributed by atoms with Gasteiger partial charge in [0.1, 0.15) is 12.0 Å². The molecule has 0 bridgehead atoms. The molecular formula is C18H17ClN6O. The molecule has 1 heterocycles. The lowest BCUT2D eigenvalue weighted by atomic mass is 10.1. The zero-order valence-electron chi connectivity index (χ0n) is 14.0. The van der Waals surface area contributed by atoms with Crippen molar-refractivity contribution < 1.29 is 4.79 Å². The second-order valence-corrected chi connectivity index (χ2v) is 5.89. The third-order valence-electron chi connectivity index (χ3n) is 3.69. The van der Waals surface area contributed by atoms with Gasteiger partial charge >= 0.3 is 0 Å². The Bertz CT molecular complexity index is 946. The van der Waals surface area contributed by atoms with Crippen LogP contribution in [0.5, 0.6) is 0 Å². The SMILES string of the molecule is Cc1ccccc1C(=O)NNc1ncnc(Nc2ccccc2Cl)c1N. The summed E-state index contributed by atoms with van der Waals surface area (Å²) in [6.07, 6.45) is 1.33. The summed E-state index contributed by atoms with van der Waals surface area (Å²) in [7, 11) is 0. The Morgan fingerprint density at radius 3 is 2.50 bits per heavy atom. The highest BCUT2D eigenvalue weighted by Crippen LogP contribution is 2.29. The van der Waals surface area contributed by atoms with E-state index in [2.05, 4.69) is 26.1 Å². The molecule has 26 heavy (non-hydrogen) atoms. The van der Waals surface area contributed by atoms with Gasteiger partial charge in [-0.25, -0.2) is 9.97 Å². The summed E-state index contributed by atoms with van der Waals surface area (Å²) in [5.41, 5.74) is 13.7. The van der Waals surface area contributed by atoms with E-state index >= 15 is 0 Å². The lowest BCUT2D eigenvalue weighted by molar-refractivity contribution is 0.0962. The van der Waals surface area contributed by atoms with Gasteiger partial charge in [0.05, 0.1) is 10.7 Å². The van der Waals surface area contributed by atoms with E-state index in [0.29, 0.717) is 22.1 Å². The monoisotopic (exact) mass is 368 g/mol. The van der Waals surface area contributed by atoms with Crippen LogP contribution in [-0.2, 0) is 0 Å². The molecule has 0 unspecified atom stereocenters. The molecule has 3 aromatic rings. The second kappa shape index (κ2) is 7.71. The largest absolute Gasteiger partial charge is 0.393 e. The van der Waals surface area contributed by atoms with Gasteiger partial charge in [0, 0.05) is 5.56 Å². The van der Waals surface area contributed by atoms with Crippen LogP contribution in [0.2, 0.25) is 5.02 Å². The van der Waals surface area contributed by atoms with Crippen LogP contribution in [0.25, 0.3) is 0 Å². The topological polar surface area (TPSA) is 105 Å². The van der Waals surface area contributed by atoms with Gasteiger partial charge in [0.25, 0.3) is 5.91 Å². The van der Waals surface area contributed by atoms with Crippen LogP contribution >= 0.6 is 11.6 Å². The number of rotatable bonds is 5. The molecule has 1 amide bonds. The number of para-hydroxylation sites is 1. The number of carbonyl (C=O) groups excluding carboxylic acids is 1. The minimum atomic E-state index is -0.290. The van der Waals surface area contributed by atoms with Gasteiger partial charge in [-0.15, -0.1) is 0 Å². The fourth-order valence-electron chi connectivity index (χ4n) is 2.30. The van der Waals surface area contributed by atoms with Crippen molar-refractivity contribution in [2.75, 3.05) is 16.5 Å². The van der Waals surface area contributed by atoms with Crippen molar-refractivity contribution in [2.45, 2.75) is 6.92 Å². The number of benzene rings is 2. The normalized spacial score (nSPS) is 10.2. The molecule has 0 radical (unpaired) electrons. The number of anilines is 4. The number of aryl methyl sites for hydroxylation is 1. The van der Waals surface area contributed by atoms with E-state index in [9.17, 15) is 4.79 Å². The summed E-state index contributed by atoms with van der Waals surface area (Å²) >= 11 is 6.13. The summed E-state index contributed by atoms with van der Waals surface area (Å²) in [5.74, 6) is 0.360. The molecule has 0 fully saturated rings.